The number of ether oxygens (including phenoxy) is 1. The minimum absolute atomic E-state index is 0.331. The fourth-order valence-electron chi connectivity index (χ4n) is 2.16. The summed E-state index contributed by atoms with van der Waals surface area (Å²) in [5.74, 6) is 1.99. The second-order valence-corrected chi connectivity index (χ2v) is 5.06. The lowest BCUT2D eigenvalue weighted by Crippen LogP contribution is -2.11. The minimum Gasteiger partial charge on any atom is -0.494 e. The number of rotatable bonds is 6. The molecule has 17 heavy (non-hydrogen) atoms. The van der Waals surface area contributed by atoms with Crippen molar-refractivity contribution in [2.45, 2.75) is 39.2 Å². The third kappa shape index (κ3) is 3.22. The molecule has 1 aliphatic carbocycles. The molecule has 2 rings (SSSR count). The lowest BCUT2D eigenvalue weighted by atomic mass is 9.93. The molecule has 0 aromatic heterocycles. The van der Waals surface area contributed by atoms with Crippen LogP contribution in [0.5, 0.6) is 5.75 Å². The van der Waals surface area contributed by atoms with Gasteiger partial charge in [-0.3, -0.25) is 0 Å². The Hall–Kier alpha value is -1.02. The Morgan fingerprint density at radius 1 is 1.29 bits per heavy atom. The summed E-state index contributed by atoms with van der Waals surface area (Å²) in [7, 11) is 0. The van der Waals surface area contributed by atoms with E-state index < -0.39 is 0 Å². The molecule has 0 spiro atoms. The highest BCUT2D eigenvalue weighted by molar-refractivity contribution is 5.29. The maximum absolute atomic E-state index is 10.2. The summed E-state index contributed by atoms with van der Waals surface area (Å²) in [6, 6.07) is 7.87. The van der Waals surface area contributed by atoms with Crippen molar-refractivity contribution in [3.8, 4) is 5.75 Å². The first kappa shape index (κ1) is 12.4. The second-order valence-electron chi connectivity index (χ2n) is 5.06. The van der Waals surface area contributed by atoms with Crippen molar-refractivity contribution in [3.05, 3.63) is 29.8 Å². The molecule has 2 unspecified atom stereocenters. The van der Waals surface area contributed by atoms with Gasteiger partial charge in [0, 0.05) is 0 Å². The summed E-state index contributed by atoms with van der Waals surface area (Å²) in [6.45, 7) is 4.99. The van der Waals surface area contributed by atoms with Gasteiger partial charge in [-0.05, 0) is 48.8 Å². The average molecular weight is 234 g/mol. The monoisotopic (exact) mass is 234 g/mol. The van der Waals surface area contributed by atoms with Gasteiger partial charge in [0.25, 0.3) is 0 Å². The van der Waals surface area contributed by atoms with Crippen LogP contribution in [0, 0.1) is 11.8 Å². The lowest BCUT2D eigenvalue weighted by molar-refractivity contribution is 0.106. The van der Waals surface area contributed by atoms with Crippen LogP contribution in [-0.2, 0) is 0 Å². The first-order valence-electron chi connectivity index (χ1n) is 6.63. The van der Waals surface area contributed by atoms with Crippen LogP contribution in [0.25, 0.3) is 0 Å². The van der Waals surface area contributed by atoms with E-state index in [0.29, 0.717) is 5.92 Å². The standard InChI is InChI=1S/C15H22O2/c1-3-10-17-14-8-6-13(7-9-14)15(16)11(2)12-4-5-12/h6-9,11-12,15-16H,3-5,10H2,1-2H3. The zero-order chi connectivity index (χ0) is 12.3. The van der Waals surface area contributed by atoms with Gasteiger partial charge in [-0.25, -0.2) is 0 Å². The fraction of sp³-hybridized carbons (Fsp3) is 0.600. The topological polar surface area (TPSA) is 29.5 Å². The molecule has 0 saturated heterocycles. The molecule has 0 radical (unpaired) electrons. The Bertz CT molecular complexity index is 340. The van der Waals surface area contributed by atoms with Crippen LogP contribution in [0.4, 0.5) is 0 Å². The van der Waals surface area contributed by atoms with Crippen molar-refractivity contribution in [1.82, 2.24) is 0 Å². The van der Waals surface area contributed by atoms with Crippen molar-refractivity contribution in [1.29, 1.82) is 0 Å². The van der Waals surface area contributed by atoms with E-state index in [9.17, 15) is 5.11 Å². The van der Waals surface area contributed by atoms with Gasteiger partial charge in [0.15, 0.2) is 0 Å². The van der Waals surface area contributed by atoms with Gasteiger partial charge in [-0.15, -0.1) is 0 Å². The molecule has 0 aliphatic heterocycles. The molecule has 2 heteroatoms. The van der Waals surface area contributed by atoms with Crippen LogP contribution < -0.4 is 4.74 Å². The van der Waals surface area contributed by atoms with Gasteiger partial charge in [0.2, 0.25) is 0 Å². The molecule has 1 aromatic carbocycles. The summed E-state index contributed by atoms with van der Waals surface area (Å²) >= 11 is 0. The van der Waals surface area contributed by atoms with Crippen LogP contribution in [0.1, 0.15) is 44.8 Å². The molecule has 0 bridgehead atoms. The van der Waals surface area contributed by atoms with Crippen LogP contribution in [-0.4, -0.2) is 11.7 Å². The molecule has 1 aromatic rings. The molecule has 1 fully saturated rings. The molecule has 2 nitrogen and oxygen atoms in total. The predicted molar refractivity (Wildman–Crippen MR) is 69.1 cm³/mol. The van der Waals surface area contributed by atoms with Gasteiger partial charge < -0.3 is 9.84 Å². The van der Waals surface area contributed by atoms with Gasteiger partial charge in [-0.1, -0.05) is 26.0 Å². The van der Waals surface area contributed by atoms with Crippen molar-refractivity contribution in [2.75, 3.05) is 6.61 Å². The highest BCUT2D eigenvalue weighted by atomic mass is 16.5. The normalized spacial score (nSPS) is 18.8. The van der Waals surface area contributed by atoms with Crippen molar-refractivity contribution in [2.24, 2.45) is 11.8 Å². The highest BCUT2D eigenvalue weighted by Gasteiger charge is 2.32. The highest BCUT2D eigenvalue weighted by Crippen LogP contribution is 2.42. The zero-order valence-corrected chi connectivity index (χ0v) is 10.7. The van der Waals surface area contributed by atoms with E-state index >= 15 is 0 Å². The SMILES string of the molecule is CCCOc1ccc(C(O)C(C)C2CC2)cc1. The summed E-state index contributed by atoms with van der Waals surface area (Å²) in [5, 5.41) is 10.2. The Kier molecular flexibility index (Phi) is 4.06. The average Bonchev–Trinajstić information content (AvgIpc) is 3.19. The Labute approximate surface area is 104 Å². The number of aliphatic hydroxyl groups excluding tert-OH is 1. The van der Waals surface area contributed by atoms with Gasteiger partial charge in [-0.2, -0.15) is 0 Å². The molecule has 1 aliphatic rings. The van der Waals surface area contributed by atoms with E-state index in [-0.39, 0.29) is 6.10 Å². The molecule has 0 heterocycles. The number of hydrogen-bond acceptors (Lipinski definition) is 2. The summed E-state index contributed by atoms with van der Waals surface area (Å²) in [5.41, 5.74) is 1.01. The Balaban J connectivity index is 1.96. The molecule has 1 saturated carbocycles. The first-order valence-corrected chi connectivity index (χ1v) is 6.63. The molecule has 2 atom stereocenters. The maximum Gasteiger partial charge on any atom is 0.119 e. The van der Waals surface area contributed by atoms with E-state index in [2.05, 4.69) is 13.8 Å². The number of aliphatic hydroxyl groups is 1. The smallest absolute Gasteiger partial charge is 0.119 e. The summed E-state index contributed by atoms with van der Waals surface area (Å²) in [4.78, 5) is 0. The molecule has 94 valence electrons. The van der Waals surface area contributed by atoms with Crippen molar-refractivity contribution in [3.63, 3.8) is 0 Å². The van der Waals surface area contributed by atoms with Crippen LogP contribution in [0.3, 0.4) is 0 Å². The van der Waals surface area contributed by atoms with E-state index in [0.717, 1.165) is 30.3 Å². The van der Waals surface area contributed by atoms with Crippen LogP contribution in [0.15, 0.2) is 24.3 Å². The second kappa shape index (κ2) is 5.54. The number of benzene rings is 1. The zero-order valence-electron chi connectivity index (χ0n) is 10.7. The van der Waals surface area contributed by atoms with Gasteiger partial charge in [0.05, 0.1) is 12.7 Å². The van der Waals surface area contributed by atoms with Crippen LogP contribution in [0.2, 0.25) is 0 Å². The fourth-order valence-corrected chi connectivity index (χ4v) is 2.16. The Morgan fingerprint density at radius 2 is 1.94 bits per heavy atom. The lowest BCUT2D eigenvalue weighted by Gasteiger charge is -2.19. The summed E-state index contributed by atoms with van der Waals surface area (Å²) < 4.78 is 5.53. The number of hydrogen-bond donors (Lipinski definition) is 1. The van der Waals surface area contributed by atoms with E-state index in [1.54, 1.807) is 0 Å². The molecule has 0 amide bonds. The Morgan fingerprint density at radius 3 is 2.47 bits per heavy atom. The largest absolute Gasteiger partial charge is 0.494 e. The van der Waals surface area contributed by atoms with Crippen molar-refractivity contribution >= 4 is 0 Å². The van der Waals surface area contributed by atoms with Gasteiger partial charge >= 0.3 is 0 Å². The van der Waals surface area contributed by atoms with E-state index in [4.69, 9.17) is 4.74 Å². The summed E-state index contributed by atoms with van der Waals surface area (Å²) in [6.07, 6.45) is 3.23. The van der Waals surface area contributed by atoms with Crippen molar-refractivity contribution < 1.29 is 9.84 Å². The minimum atomic E-state index is -0.331. The van der Waals surface area contributed by atoms with Gasteiger partial charge in [0.1, 0.15) is 5.75 Å². The van der Waals surface area contributed by atoms with Crippen LogP contribution >= 0.6 is 0 Å². The quantitative estimate of drug-likeness (QED) is 0.815. The molecular formula is C15H22O2. The molecular weight excluding hydrogens is 212 g/mol. The maximum atomic E-state index is 10.2. The van der Waals surface area contributed by atoms with E-state index in [1.807, 2.05) is 24.3 Å². The predicted octanol–water partition coefficient (Wildman–Crippen LogP) is 3.55. The molecule has 1 N–H and O–H groups in total. The third-order valence-electron chi connectivity index (χ3n) is 3.56. The first-order chi connectivity index (χ1) is 8.22. The third-order valence-corrected chi connectivity index (χ3v) is 3.56. The van der Waals surface area contributed by atoms with E-state index in [1.165, 1.54) is 12.8 Å².